The lowest BCUT2D eigenvalue weighted by Crippen LogP contribution is -2.05. The van der Waals surface area contributed by atoms with Gasteiger partial charge in [0.2, 0.25) is 0 Å². The molecule has 0 aliphatic heterocycles. The van der Waals surface area contributed by atoms with Gasteiger partial charge in [-0.05, 0) is 6.07 Å². The van der Waals surface area contributed by atoms with Crippen LogP contribution in [0.25, 0.3) is 0 Å². The van der Waals surface area contributed by atoms with E-state index in [0.29, 0.717) is 16.3 Å². The van der Waals surface area contributed by atoms with Gasteiger partial charge in [0, 0.05) is 41.8 Å². The van der Waals surface area contributed by atoms with Crippen molar-refractivity contribution in [3.63, 3.8) is 0 Å². The fourth-order valence-electron chi connectivity index (χ4n) is 1.23. The van der Waals surface area contributed by atoms with Gasteiger partial charge in [-0.25, -0.2) is 8.42 Å². The minimum absolute atomic E-state index is 0.0105. The second kappa shape index (κ2) is 6.05. The maximum atomic E-state index is 11.0. The monoisotopic (exact) mass is 290 g/mol. The van der Waals surface area contributed by atoms with Crippen molar-refractivity contribution in [1.29, 1.82) is 0 Å². The molecule has 6 nitrogen and oxygen atoms in total. The van der Waals surface area contributed by atoms with Gasteiger partial charge < -0.3 is 5.32 Å². The molecule has 100 valence electrons. The SMILES string of the molecule is CNc1cc(SCCS(C)(=O)=O)cc([N+](=O)[O-])c1. The molecule has 0 saturated heterocycles. The van der Waals surface area contributed by atoms with Crippen LogP contribution in [0, 0.1) is 10.1 Å². The highest BCUT2D eigenvalue weighted by molar-refractivity contribution is 8.00. The third-order valence-electron chi connectivity index (χ3n) is 2.11. The van der Waals surface area contributed by atoms with Gasteiger partial charge in [0.25, 0.3) is 5.69 Å². The van der Waals surface area contributed by atoms with Gasteiger partial charge in [-0.15, -0.1) is 11.8 Å². The van der Waals surface area contributed by atoms with E-state index in [9.17, 15) is 18.5 Å². The Balaban J connectivity index is 2.82. The van der Waals surface area contributed by atoms with E-state index >= 15 is 0 Å². The summed E-state index contributed by atoms with van der Waals surface area (Å²) in [5.74, 6) is 0.429. The van der Waals surface area contributed by atoms with Crippen LogP contribution >= 0.6 is 11.8 Å². The van der Waals surface area contributed by atoms with Gasteiger partial charge in [0.15, 0.2) is 0 Å². The Morgan fingerprint density at radius 1 is 1.39 bits per heavy atom. The second-order valence-electron chi connectivity index (χ2n) is 3.70. The molecule has 0 aliphatic rings. The highest BCUT2D eigenvalue weighted by Crippen LogP contribution is 2.27. The number of non-ortho nitro benzene ring substituents is 1. The third-order valence-corrected chi connectivity index (χ3v) is 4.30. The smallest absolute Gasteiger partial charge is 0.272 e. The Bertz CT molecular complexity index is 543. The van der Waals surface area contributed by atoms with Gasteiger partial charge in [-0.2, -0.15) is 0 Å². The lowest BCUT2D eigenvalue weighted by Gasteiger charge is -2.05. The molecular weight excluding hydrogens is 276 g/mol. The normalized spacial score (nSPS) is 11.2. The average Bonchev–Trinajstić information content (AvgIpc) is 2.26. The van der Waals surface area contributed by atoms with E-state index in [1.165, 1.54) is 30.2 Å². The van der Waals surface area contributed by atoms with Crippen LogP contribution in [-0.2, 0) is 9.84 Å². The Morgan fingerprint density at radius 2 is 2.06 bits per heavy atom. The van der Waals surface area contributed by atoms with Crippen molar-refractivity contribution in [2.75, 3.05) is 30.1 Å². The molecule has 1 rings (SSSR count). The van der Waals surface area contributed by atoms with Gasteiger partial charge in [-0.1, -0.05) is 0 Å². The van der Waals surface area contributed by atoms with Crippen molar-refractivity contribution in [2.24, 2.45) is 0 Å². The maximum Gasteiger partial charge on any atom is 0.272 e. The van der Waals surface area contributed by atoms with E-state index < -0.39 is 14.8 Å². The number of sulfone groups is 1. The van der Waals surface area contributed by atoms with Gasteiger partial charge in [0.1, 0.15) is 9.84 Å². The molecule has 0 aliphatic carbocycles. The molecule has 0 radical (unpaired) electrons. The van der Waals surface area contributed by atoms with E-state index in [4.69, 9.17) is 0 Å². The summed E-state index contributed by atoms with van der Waals surface area (Å²) in [6, 6.07) is 4.62. The van der Waals surface area contributed by atoms with Crippen LogP contribution < -0.4 is 5.32 Å². The summed E-state index contributed by atoms with van der Waals surface area (Å²) in [6.45, 7) is 0. The molecule has 0 bridgehead atoms. The maximum absolute atomic E-state index is 11.0. The zero-order chi connectivity index (χ0) is 13.8. The Labute approximate surface area is 110 Å². The highest BCUT2D eigenvalue weighted by atomic mass is 32.2. The van der Waals surface area contributed by atoms with Crippen molar-refractivity contribution in [3.05, 3.63) is 28.3 Å². The summed E-state index contributed by atoms with van der Waals surface area (Å²) < 4.78 is 22.0. The van der Waals surface area contributed by atoms with Crippen LogP contribution in [0.1, 0.15) is 0 Å². The van der Waals surface area contributed by atoms with Crippen molar-refractivity contribution in [2.45, 2.75) is 4.90 Å². The zero-order valence-corrected chi connectivity index (χ0v) is 11.7. The molecule has 0 unspecified atom stereocenters. The summed E-state index contributed by atoms with van der Waals surface area (Å²) in [5.41, 5.74) is 0.620. The first-order valence-corrected chi connectivity index (χ1v) is 8.14. The summed E-state index contributed by atoms with van der Waals surface area (Å²) >= 11 is 1.28. The summed E-state index contributed by atoms with van der Waals surface area (Å²) in [4.78, 5) is 10.9. The summed E-state index contributed by atoms with van der Waals surface area (Å²) in [5, 5.41) is 13.6. The first kappa shape index (κ1) is 14.8. The van der Waals surface area contributed by atoms with Crippen molar-refractivity contribution < 1.29 is 13.3 Å². The van der Waals surface area contributed by atoms with E-state index in [2.05, 4.69) is 5.32 Å². The minimum Gasteiger partial charge on any atom is -0.388 e. The molecule has 0 spiro atoms. The first-order valence-electron chi connectivity index (χ1n) is 5.09. The number of hydrogen-bond donors (Lipinski definition) is 1. The van der Waals surface area contributed by atoms with Crippen LogP contribution in [0.5, 0.6) is 0 Å². The number of rotatable bonds is 6. The zero-order valence-electron chi connectivity index (χ0n) is 10.0. The standard InChI is InChI=1S/C10H14N2O4S2/c1-11-8-5-9(12(13)14)7-10(6-8)17-3-4-18(2,15)16/h5-7,11H,3-4H2,1-2H3. The molecule has 1 aromatic rings. The van der Waals surface area contributed by atoms with Crippen molar-refractivity contribution >= 4 is 33.0 Å². The molecule has 0 heterocycles. The quantitative estimate of drug-likeness (QED) is 0.488. The first-order chi connectivity index (χ1) is 8.31. The number of nitro groups is 1. The molecule has 0 amide bonds. The molecule has 1 aromatic carbocycles. The number of nitrogens with zero attached hydrogens (tertiary/aromatic N) is 1. The topological polar surface area (TPSA) is 89.3 Å². The lowest BCUT2D eigenvalue weighted by molar-refractivity contribution is -0.385. The second-order valence-corrected chi connectivity index (χ2v) is 7.13. The highest BCUT2D eigenvalue weighted by Gasteiger charge is 2.10. The van der Waals surface area contributed by atoms with E-state index in [1.807, 2.05) is 0 Å². The number of benzene rings is 1. The minimum atomic E-state index is -3.01. The number of nitrogens with one attached hydrogen (secondary N) is 1. The van der Waals surface area contributed by atoms with Crippen LogP contribution in [0.3, 0.4) is 0 Å². The number of anilines is 1. The predicted molar refractivity (Wildman–Crippen MR) is 73.1 cm³/mol. The fourth-order valence-corrected chi connectivity index (χ4v) is 3.42. The van der Waals surface area contributed by atoms with Crippen molar-refractivity contribution in [3.8, 4) is 0 Å². The van der Waals surface area contributed by atoms with E-state index in [1.54, 1.807) is 13.1 Å². The predicted octanol–water partition coefficient (Wildman–Crippen LogP) is 1.77. The molecule has 0 atom stereocenters. The Hall–Kier alpha value is -1.28. The third kappa shape index (κ3) is 4.92. The molecular formula is C10H14N2O4S2. The van der Waals surface area contributed by atoms with Gasteiger partial charge in [-0.3, -0.25) is 10.1 Å². The summed E-state index contributed by atoms with van der Waals surface area (Å²) in [7, 11) is -1.34. The van der Waals surface area contributed by atoms with Crippen LogP contribution in [-0.4, -0.2) is 38.2 Å². The molecule has 0 fully saturated rings. The fraction of sp³-hybridized carbons (Fsp3) is 0.400. The van der Waals surface area contributed by atoms with Crippen LogP contribution in [0.4, 0.5) is 11.4 Å². The molecule has 1 N–H and O–H groups in total. The largest absolute Gasteiger partial charge is 0.388 e. The van der Waals surface area contributed by atoms with Gasteiger partial charge in [0.05, 0.1) is 10.7 Å². The molecule has 0 aromatic heterocycles. The Morgan fingerprint density at radius 3 is 2.56 bits per heavy atom. The van der Waals surface area contributed by atoms with Crippen LogP contribution in [0.15, 0.2) is 23.1 Å². The molecule has 0 saturated carbocycles. The number of hydrogen-bond acceptors (Lipinski definition) is 6. The molecule has 8 heteroatoms. The lowest BCUT2D eigenvalue weighted by atomic mass is 10.3. The van der Waals surface area contributed by atoms with E-state index in [0.717, 1.165) is 0 Å². The van der Waals surface area contributed by atoms with Crippen molar-refractivity contribution in [1.82, 2.24) is 0 Å². The number of thioether (sulfide) groups is 1. The van der Waals surface area contributed by atoms with Crippen LogP contribution in [0.2, 0.25) is 0 Å². The average molecular weight is 290 g/mol. The van der Waals surface area contributed by atoms with Gasteiger partial charge >= 0.3 is 0 Å². The number of nitro benzene ring substituents is 1. The molecule has 18 heavy (non-hydrogen) atoms. The van der Waals surface area contributed by atoms with E-state index in [-0.39, 0.29) is 11.4 Å². The summed E-state index contributed by atoms with van der Waals surface area (Å²) in [6.07, 6.45) is 1.17. The Kier molecular flexibility index (Phi) is 4.97.